The van der Waals surface area contributed by atoms with Crippen LogP contribution in [0.15, 0.2) is 48.7 Å². The predicted molar refractivity (Wildman–Crippen MR) is 91.3 cm³/mol. The highest BCUT2D eigenvalue weighted by atomic mass is 19.4. The molecule has 1 N–H and O–H groups in total. The summed E-state index contributed by atoms with van der Waals surface area (Å²) in [5.74, 6) is 0.342. The number of methoxy groups -OCH3 is 1. The Balaban J connectivity index is 1.93. The van der Waals surface area contributed by atoms with Gasteiger partial charge in [0.2, 0.25) is 11.8 Å². The summed E-state index contributed by atoms with van der Waals surface area (Å²) in [6.45, 7) is 1.88. The van der Waals surface area contributed by atoms with Crippen molar-refractivity contribution in [2.45, 2.75) is 13.1 Å². The third kappa shape index (κ3) is 4.08. The Labute approximate surface area is 147 Å². The van der Waals surface area contributed by atoms with E-state index < -0.39 is 11.9 Å². The third-order valence-corrected chi connectivity index (χ3v) is 3.51. The molecule has 8 heteroatoms. The van der Waals surface area contributed by atoms with Crippen LogP contribution in [0.3, 0.4) is 0 Å². The van der Waals surface area contributed by atoms with Crippen LogP contribution in [0, 0.1) is 6.92 Å². The summed E-state index contributed by atoms with van der Waals surface area (Å²) in [5, 5.41) is 2.81. The fourth-order valence-corrected chi connectivity index (χ4v) is 2.40. The molecule has 0 aliphatic carbocycles. The summed E-state index contributed by atoms with van der Waals surface area (Å²) >= 11 is 0. The Morgan fingerprint density at radius 3 is 2.58 bits per heavy atom. The highest BCUT2D eigenvalue weighted by Crippen LogP contribution is 2.29. The summed E-state index contributed by atoms with van der Waals surface area (Å²) in [6, 6.07) is 11.7. The van der Waals surface area contributed by atoms with Gasteiger partial charge in [-0.15, -0.1) is 0 Å². The summed E-state index contributed by atoms with van der Waals surface area (Å²) in [7, 11) is 1.53. The van der Waals surface area contributed by atoms with Crippen LogP contribution in [0.1, 0.15) is 11.3 Å². The average Bonchev–Trinajstić information content (AvgIpc) is 2.61. The second-order valence-corrected chi connectivity index (χ2v) is 5.54. The van der Waals surface area contributed by atoms with Gasteiger partial charge in [0.05, 0.1) is 12.8 Å². The first kappa shape index (κ1) is 17.7. The molecule has 0 saturated carbocycles. The van der Waals surface area contributed by atoms with Crippen LogP contribution >= 0.6 is 0 Å². The molecule has 1 aromatic carbocycles. The van der Waals surface area contributed by atoms with Gasteiger partial charge in [0.25, 0.3) is 0 Å². The largest absolute Gasteiger partial charge is 0.481 e. The van der Waals surface area contributed by atoms with E-state index in [4.69, 9.17) is 4.74 Å². The van der Waals surface area contributed by atoms with Crippen molar-refractivity contribution in [3.8, 4) is 17.1 Å². The minimum atomic E-state index is -4.53. The first-order valence-electron chi connectivity index (χ1n) is 7.65. The molecule has 134 valence electrons. The molecule has 5 nitrogen and oxygen atoms in total. The lowest BCUT2D eigenvalue weighted by Gasteiger charge is -2.11. The van der Waals surface area contributed by atoms with Gasteiger partial charge in [-0.3, -0.25) is 0 Å². The second kappa shape index (κ2) is 6.99. The molecular weight excluding hydrogens is 345 g/mol. The van der Waals surface area contributed by atoms with Gasteiger partial charge in [0, 0.05) is 23.5 Å². The summed E-state index contributed by atoms with van der Waals surface area (Å²) < 4.78 is 43.5. The Kier molecular flexibility index (Phi) is 4.75. The van der Waals surface area contributed by atoms with E-state index in [1.165, 1.54) is 7.11 Å². The van der Waals surface area contributed by atoms with E-state index >= 15 is 0 Å². The van der Waals surface area contributed by atoms with Gasteiger partial charge in [-0.05, 0) is 42.8 Å². The zero-order chi connectivity index (χ0) is 18.7. The van der Waals surface area contributed by atoms with Gasteiger partial charge in [0.15, 0.2) is 0 Å². The van der Waals surface area contributed by atoms with E-state index in [2.05, 4.69) is 20.3 Å². The molecule has 0 radical (unpaired) electrons. The molecule has 0 amide bonds. The number of anilines is 2. The monoisotopic (exact) mass is 360 g/mol. The second-order valence-electron chi connectivity index (χ2n) is 5.54. The lowest BCUT2D eigenvalue weighted by atomic mass is 10.1. The molecule has 3 rings (SSSR count). The molecule has 26 heavy (non-hydrogen) atoms. The number of rotatable bonds is 4. The van der Waals surface area contributed by atoms with Crippen LogP contribution in [0.2, 0.25) is 0 Å². The highest BCUT2D eigenvalue weighted by molar-refractivity contribution is 5.68. The maximum Gasteiger partial charge on any atom is 0.433 e. The number of hydrogen-bond acceptors (Lipinski definition) is 5. The van der Waals surface area contributed by atoms with Crippen LogP contribution in [0.5, 0.6) is 5.88 Å². The molecular formula is C18H15F3N4O. The topological polar surface area (TPSA) is 59.9 Å². The van der Waals surface area contributed by atoms with Gasteiger partial charge in [-0.25, -0.2) is 15.0 Å². The number of nitrogens with one attached hydrogen (secondary N) is 1. The predicted octanol–water partition coefficient (Wildman–Crippen LogP) is 4.62. The van der Waals surface area contributed by atoms with Crippen molar-refractivity contribution < 1.29 is 17.9 Å². The van der Waals surface area contributed by atoms with Gasteiger partial charge in [0.1, 0.15) is 5.69 Å². The van der Waals surface area contributed by atoms with Crippen molar-refractivity contribution in [1.29, 1.82) is 0 Å². The van der Waals surface area contributed by atoms with E-state index in [0.717, 1.165) is 23.4 Å². The molecule has 0 atom stereocenters. The first-order valence-corrected chi connectivity index (χ1v) is 7.65. The minimum absolute atomic E-state index is 0.130. The summed E-state index contributed by atoms with van der Waals surface area (Å²) in [4.78, 5) is 11.7. The number of aromatic nitrogens is 3. The van der Waals surface area contributed by atoms with E-state index in [1.807, 2.05) is 25.1 Å². The third-order valence-electron chi connectivity index (χ3n) is 3.51. The van der Waals surface area contributed by atoms with Crippen LogP contribution in [0.4, 0.5) is 24.8 Å². The van der Waals surface area contributed by atoms with Crippen LogP contribution < -0.4 is 10.1 Å². The molecule has 0 aliphatic rings. The quantitative estimate of drug-likeness (QED) is 0.736. The summed E-state index contributed by atoms with van der Waals surface area (Å²) in [5.41, 5.74) is 1.93. The fourth-order valence-electron chi connectivity index (χ4n) is 2.40. The molecule has 0 unspecified atom stereocenters. The van der Waals surface area contributed by atoms with Gasteiger partial charge in [-0.1, -0.05) is 6.07 Å². The fraction of sp³-hybridized carbons (Fsp3) is 0.167. The Bertz CT molecular complexity index is 928. The Morgan fingerprint density at radius 1 is 1.04 bits per heavy atom. The maximum atomic E-state index is 12.8. The number of aryl methyl sites for hydroxylation is 1. The first-order chi connectivity index (χ1) is 12.3. The smallest absolute Gasteiger partial charge is 0.433 e. The van der Waals surface area contributed by atoms with Crippen LogP contribution in [-0.2, 0) is 6.18 Å². The Hall–Kier alpha value is -3.16. The molecule has 0 spiro atoms. The number of alkyl halides is 3. The number of ether oxygens (including phenoxy) is 1. The van der Waals surface area contributed by atoms with Crippen molar-refractivity contribution in [3.05, 3.63) is 59.9 Å². The number of hydrogen-bond donors (Lipinski definition) is 1. The average molecular weight is 360 g/mol. The highest BCUT2D eigenvalue weighted by Gasteiger charge is 2.32. The summed E-state index contributed by atoms with van der Waals surface area (Å²) in [6.07, 6.45) is -3.46. The molecule has 2 heterocycles. The minimum Gasteiger partial charge on any atom is -0.481 e. The molecule has 3 aromatic rings. The molecule has 0 aliphatic heterocycles. The number of nitrogens with zero attached hydrogens (tertiary/aromatic N) is 3. The number of pyridine rings is 1. The molecule has 0 fully saturated rings. The van der Waals surface area contributed by atoms with Gasteiger partial charge in [-0.2, -0.15) is 13.2 Å². The number of halogens is 3. The zero-order valence-corrected chi connectivity index (χ0v) is 14.0. The van der Waals surface area contributed by atoms with E-state index in [9.17, 15) is 13.2 Å². The van der Waals surface area contributed by atoms with Crippen molar-refractivity contribution >= 4 is 11.6 Å². The van der Waals surface area contributed by atoms with Crippen LogP contribution in [-0.4, -0.2) is 22.1 Å². The standard InChI is InChI=1S/C18H15F3N4O/c1-11-8-12(14-4-3-5-16(24-14)26-2)10-13(9-11)23-17-22-7-6-15(25-17)18(19,20)21/h3-10H,1-2H3,(H,22,23,25). The van der Waals surface area contributed by atoms with Crippen molar-refractivity contribution in [3.63, 3.8) is 0 Å². The zero-order valence-electron chi connectivity index (χ0n) is 14.0. The molecule has 0 saturated heterocycles. The van der Waals surface area contributed by atoms with Crippen molar-refractivity contribution in [2.24, 2.45) is 0 Å². The van der Waals surface area contributed by atoms with E-state index in [1.54, 1.807) is 18.2 Å². The maximum absolute atomic E-state index is 12.8. The Morgan fingerprint density at radius 2 is 1.85 bits per heavy atom. The molecule has 2 aromatic heterocycles. The normalized spacial score (nSPS) is 11.3. The number of benzene rings is 1. The van der Waals surface area contributed by atoms with Crippen molar-refractivity contribution in [2.75, 3.05) is 12.4 Å². The van der Waals surface area contributed by atoms with E-state index in [0.29, 0.717) is 17.3 Å². The van der Waals surface area contributed by atoms with Crippen LogP contribution in [0.25, 0.3) is 11.3 Å². The van der Waals surface area contributed by atoms with Crippen molar-refractivity contribution in [1.82, 2.24) is 15.0 Å². The molecule has 0 bridgehead atoms. The van der Waals surface area contributed by atoms with Gasteiger partial charge >= 0.3 is 6.18 Å². The van der Waals surface area contributed by atoms with Gasteiger partial charge < -0.3 is 10.1 Å². The lowest BCUT2D eigenvalue weighted by Crippen LogP contribution is -2.10. The van der Waals surface area contributed by atoms with E-state index in [-0.39, 0.29) is 5.95 Å². The SMILES string of the molecule is COc1cccc(-c2cc(C)cc(Nc3nccc(C(F)(F)F)n3)c2)n1. The lowest BCUT2D eigenvalue weighted by molar-refractivity contribution is -0.141.